The molecule has 1 aromatic rings. The van der Waals surface area contributed by atoms with Crippen LogP contribution in [0.15, 0.2) is 18.2 Å². The molecule has 0 aliphatic carbocycles. The van der Waals surface area contributed by atoms with Crippen LogP contribution in [0.5, 0.6) is 0 Å². The molecule has 7 heteroatoms. The first-order chi connectivity index (χ1) is 8.30. The fraction of sp³-hybridized carbons (Fsp3) is 0.273. The molecule has 3 nitrogen and oxygen atoms in total. The quantitative estimate of drug-likeness (QED) is 0.740. The number of imide groups is 1. The van der Waals surface area contributed by atoms with Crippen molar-refractivity contribution < 1.29 is 22.8 Å². The summed E-state index contributed by atoms with van der Waals surface area (Å²) < 4.78 is 37.6. The Morgan fingerprint density at radius 1 is 1.11 bits per heavy atom. The SMILES string of the molecule is O=C1CCC(=O)N1c1cc(C(F)(F)F)ccc1Cl. The Bertz CT molecular complexity index is 512. The molecule has 1 saturated heterocycles. The van der Waals surface area contributed by atoms with E-state index in [4.69, 9.17) is 11.6 Å². The molecule has 0 bridgehead atoms. The molecule has 0 N–H and O–H groups in total. The fourth-order valence-electron chi connectivity index (χ4n) is 1.71. The van der Waals surface area contributed by atoms with Gasteiger partial charge in [0.2, 0.25) is 11.8 Å². The maximum Gasteiger partial charge on any atom is 0.416 e. The number of hydrogen-bond donors (Lipinski definition) is 0. The van der Waals surface area contributed by atoms with Crippen molar-refractivity contribution in [3.05, 3.63) is 28.8 Å². The van der Waals surface area contributed by atoms with E-state index in [0.29, 0.717) is 11.0 Å². The third-order valence-electron chi connectivity index (χ3n) is 2.57. The lowest BCUT2D eigenvalue weighted by atomic mass is 10.2. The van der Waals surface area contributed by atoms with E-state index in [1.165, 1.54) is 0 Å². The van der Waals surface area contributed by atoms with Gasteiger partial charge in [-0.1, -0.05) is 11.6 Å². The average molecular weight is 278 g/mol. The average Bonchev–Trinajstić information content (AvgIpc) is 2.58. The normalized spacial score (nSPS) is 16.6. The molecule has 96 valence electrons. The zero-order valence-electron chi connectivity index (χ0n) is 8.92. The highest BCUT2D eigenvalue weighted by Gasteiger charge is 2.35. The molecule has 0 saturated carbocycles. The van der Waals surface area contributed by atoms with Crippen LogP contribution in [0.4, 0.5) is 18.9 Å². The number of rotatable bonds is 1. The van der Waals surface area contributed by atoms with Crippen LogP contribution in [0.3, 0.4) is 0 Å². The van der Waals surface area contributed by atoms with E-state index >= 15 is 0 Å². The maximum absolute atomic E-state index is 12.5. The standard InChI is InChI=1S/C11H7ClF3NO2/c12-7-2-1-6(11(13,14)15)5-8(7)16-9(17)3-4-10(16)18/h1-2,5H,3-4H2. The Balaban J connectivity index is 2.50. The summed E-state index contributed by atoms with van der Waals surface area (Å²) in [6.07, 6.45) is -4.57. The number of benzene rings is 1. The van der Waals surface area contributed by atoms with Gasteiger partial charge in [-0.05, 0) is 18.2 Å². The molecule has 0 aromatic heterocycles. The molecule has 1 aliphatic rings. The molecule has 1 aliphatic heterocycles. The summed E-state index contributed by atoms with van der Waals surface area (Å²) in [5.74, 6) is -1.08. The minimum absolute atomic E-state index is 0.00852. The van der Waals surface area contributed by atoms with E-state index in [0.717, 1.165) is 12.1 Å². The number of nitrogens with zero attached hydrogens (tertiary/aromatic N) is 1. The van der Waals surface area contributed by atoms with Crippen LogP contribution in [-0.2, 0) is 15.8 Å². The predicted molar refractivity (Wildman–Crippen MR) is 58.2 cm³/mol. The van der Waals surface area contributed by atoms with Gasteiger partial charge in [-0.15, -0.1) is 0 Å². The van der Waals surface area contributed by atoms with Crippen LogP contribution in [-0.4, -0.2) is 11.8 Å². The van der Waals surface area contributed by atoms with Gasteiger partial charge in [0, 0.05) is 12.8 Å². The van der Waals surface area contributed by atoms with Crippen molar-refractivity contribution in [2.24, 2.45) is 0 Å². The van der Waals surface area contributed by atoms with Gasteiger partial charge in [-0.25, -0.2) is 4.90 Å². The Morgan fingerprint density at radius 2 is 1.67 bits per heavy atom. The van der Waals surface area contributed by atoms with E-state index in [2.05, 4.69) is 0 Å². The molecule has 0 unspecified atom stereocenters. The highest BCUT2D eigenvalue weighted by atomic mass is 35.5. The zero-order valence-corrected chi connectivity index (χ0v) is 9.68. The van der Waals surface area contributed by atoms with Gasteiger partial charge in [-0.3, -0.25) is 9.59 Å². The number of carbonyl (C=O) groups is 2. The van der Waals surface area contributed by atoms with Gasteiger partial charge in [0.15, 0.2) is 0 Å². The van der Waals surface area contributed by atoms with Crippen molar-refractivity contribution in [3.8, 4) is 0 Å². The maximum atomic E-state index is 12.5. The number of halogens is 4. The number of hydrogen-bond acceptors (Lipinski definition) is 2. The second-order valence-electron chi connectivity index (χ2n) is 3.79. The number of anilines is 1. The minimum Gasteiger partial charge on any atom is -0.274 e. The Kier molecular flexibility index (Phi) is 3.06. The predicted octanol–water partition coefficient (Wildman–Crippen LogP) is 3.01. The molecule has 2 amide bonds. The smallest absolute Gasteiger partial charge is 0.274 e. The lowest BCUT2D eigenvalue weighted by Gasteiger charge is -2.17. The van der Waals surface area contributed by atoms with Gasteiger partial charge >= 0.3 is 6.18 Å². The van der Waals surface area contributed by atoms with Crippen LogP contribution in [0.25, 0.3) is 0 Å². The van der Waals surface area contributed by atoms with E-state index in [1.54, 1.807) is 0 Å². The van der Waals surface area contributed by atoms with Crippen LogP contribution in [0.2, 0.25) is 5.02 Å². The van der Waals surface area contributed by atoms with Crippen molar-refractivity contribution in [2.75, 3.05) is 4.90 Å². The van der Waals surface area contributed by atoms with Crippen LogP contribution < -0.4 is 4.90 Å². The first-order valence-corrected chi connectivity index (χ1v) is 5.41. The van der Waals surface area contributed by atoms with Gasteiger partial charge < -0.3 is 0 Å². The van der Waals surface area contributed by atoms with Gasteiger partial charge in [0.1, 0.15) is 0 Å². The van der Waals surface area contributed by atoms with Gasteiger partial charge in [-0.2, -0.15) is 13.2 Å². The number of carbonyl (C=O) groups excluding carboxylic acids is 2. The second-order valence-corrected chi connectivity index (χ2v) is 4.19. The lowest BCUT2D eigenvalue weighted by Crippen LogP contribution is -2.29. The van der Waals surface area contributed by atoms with Crippen LogP contribution in [0, 0.1) is 0 Å². The molecule has 0 spiro atoms. The van der Waals surface area contributed by atoms with E-state index in [-0.39, 0.29) is 23.6 Å². The molecule has 1 heterocycles. The molecule has 1 fully saturated rings. The monoisotopic (exact) mass is 277 g/mol. The largest absolute Gasteiger partial charge is 0.416 e. The van der Waals surface area contributed by atoms with E-state index in [9.17, 15) is 22.8 Å². The zero-order chi connectivity index (χ0) is 13.5. The summed E-state index contributed by atoms with van der Waals surface area (Å²) in [5.41, 5.74) is -1.16. The first kappa shape index (κ1) is 12.9. The lowest BCUT2D eigenvalue weighted by molar-refractivity contribution is -0.137. The second kappa shape index (κ2) is 4.28. The fourth-order valence-corrected chi connectivity index (χ4v) is 1.91. The van der Waals surface area contributed by atoms with Crippen molar-refractivity contribution in [1.82, 2.24) is 0 Å². The summed E-state index contributed by atoms with van der Waals surface area (Å²) in [6, 6.07) is 2.54. The third kappa shape index (κ3) is 2.20. The van der Waals surface area contributed by atoms with Crippen LogP contribution >= 0.6 is 11.6 Å². The van der Waals surface area contributed by atoms with Crippen LogP contribution in [0.1, 0.15) is 18.4 Å². The first-order valence-electron chi connectivity index (χ1n) is 5.03. The molecule has 0 radical (unpaired) electrons. The van der Waals surface area contributed by atoms with Crippen molar-refractivity contribution >= 4 is 29.1 Å². The molecule has 0 atom stereocenters. The summed E-state index contributed by atoms with van der Waals surface area (Å²) in [7, 11) is 0. The topological polar surface area (TPSA) is 37.4 Å². The highest BCUT2D eigenvalue weighted by Crippen LogP contribution is 2.36. The Labute approximate surface area is 105 Å². The van der Waals surface area contributed by atoms with Crippen molar-refractivity contribution in [2.45, 2.75) is 19.0 Å². The number of amides is 2. The van der Waals surface area contributed by atoms with Crippen molar-refractivity contribution in [1.29, 1.82) is 0 Å². The molecule has 18 heavy (non-hydrogen) atoms. The Hall–Kier alpha value is -1.56. The van der Waals surface area contributed by atoms with Gasteiger partial charge in [0.05, 0.1) is 16.3 Å². The van der Waals surface area contributed by atoms with E-state index in [1.807, 2.05) is 0 Å². The third-order valence-corrected chi connectivity index (χ3v) is 2.89. The summed E-state index contributed by atoms with van der Waals surface area (Å²) >= 11 is 5.74. The molecule has 1 aromatic carbocycles. The Morgan fingerprint density at radius 3 is 2.17 bits per heavy atom. The van der Waals surface area contributed by atoms with Gasteiger partial charge in [0.25, 0.3) is 0 Å². The summed E-state index contributed by atoms with van der Waals surface area (Å²) in [5, 5.41) is -0.0633. The minimum atomic E-state index is -4.55. The molecular formula is C11H7ClF3NO2. The summed E-state index contributed by atoms with van der Waals surface area (Å²) in [6.45, 7) is 0. The summed E-state index contributed by atoms with van der Waals surface area (Å²) in [4.78, 5) is 23.6. The van der Waals surface area contributed by atoms with Crippen molar-refractivity contribution in [3.63, 3.8) is 0 Å². The molecule has 2 rings (SSSR count). The highest BCUT2D eigenvalue weighted by molar-refractivity contribution is 6.35. The molecular weight excluding hydrogens is 271 g/mol. The van der Waals surface area contributed by atoms with E-state index < -0.39 is 23.6 Å². The number of alkyl halides is 3.